The van der Waals surface area contributed by atoms with Crippen LogP contribution >= 0.6 is 0 Å². The third-order valence-electron chi connectivity index (χ3n) is 14.8. The van der Waals surface area contributed by atoms with E-state index in [-0.39, 0.29) is 0 Å². The van der Waals surface area contributed by atoms with Crippen molar-refractivity contribution < 1.29 is 0 Å². The first-order chi connectivity index (χ1) is 34.2. The van der Waals surface area contributed by atoms with E-state index in [1.54, 1.807) is 0 Å². The highest BCUT2D eigenvalue weighted by Crippen LogP contribution is 2.63. The summed E-state index contributed by atoms with van der Waals surface area (Å²) < 4.78 is 2.42. The molecular formula is C67H44N2. The van der Waals surface area contributed by atoms with E-state index in [0.29, 0.717) is 0 Å². The van der Waals surface area contributed by atoms with Crippen LogP contribution in [-0.2, 0) is 5.41 Å². The van der Waals surface area contributed by atoms with Crippen LogP contribution in [0.2, 0.25) is 0 Å². The lowest BCUT2D eigenvalue weighted by molar-refractivity contribution is 0.793. The summed E-state index contributed by atoms with van der Waals surface area (Å²) in [7, 11) is 0. The molecule has 2 heteroatoms. The highest BCUT2D eigenvalue weighted by Gasteiger charge is 2.51. The maximum absolute atomic E-state index is 2.49. The smallest absolute Gasteiger partial charge is 0.0726 e. The average Bonchev–Trinajstić information content (AvgIpc) is 4.03. The van der Waals surface area contributed by atoms with Gasteiger partial charge in [0.05, 0.1) is 16.4 Å². The molecule has 2 aliphatic rings. The monoisotopic (exact) mass is 876 g/mol. The van der Waals surface area contributed by atoms with Gasteiger partial charge in [-0.25, -0.2) is 0 Å². The number of anilines is 3. The van der Waals surface area contributed by atoms with Crippen LogP contribution in [0, 0.1) is 0 Å². The van der Waals surface area contributed by atoms with Crippen LogP contribution in [-0.4, -0.2) is 4.57 Å². The fourth-order valence-corrected chi connectivity index (χ4v) is 11.8. The molecule has 12 aromatic rings. The lowest BCUT2D eigenvalue weighted by atomic mass is 9.70. The van der Waals surface area contributed by atoms with Gasteiger partial charge in [0, 0.05) is 33.5 Å². The first kappa shape index (κ1) is 39.2. The second-order valence-corrected chi connectivity index (χ2v) is 18.4. The van der Waals surface area contributed by atoms with E-state index in [9.17, 15) is 0 Å². The van der Waals surface area contributed by atoms with E-state index in [1.807, 2.05) is 0 Å². The average molecular weight is 877 g/mol. The lowest BCUT2D eigenvalue weighted by Gasteiger charge is -2.32. The molecule has 0 aliphatic heterocycles. The second-order valence-electron chi connectivity index (χ2n) is 18.4. The third kappa shape index (κ3) is 5.99. The van der Waals surface area contributed by atoms with Gasteiger partial charge in [0.1, 0.15) is 0 Å². The number of aromatic nitrogens is 1. The fourth-order valence-electron chi connectivity index (χ4n) is 11.8. The minimum absolute atomic E-state index is 0.449. The van der Waals surface area contributed by atoms with E-state index in [0.717, 1.165) is 33.9 Å². The molecule has 0 fully saturated rings. The molecule has 1 aromatic heterocycles. The Hall–Kier alpha value is -8.98. The predicted molar refractivity (Wildman–Crippen MR) is 288 cm³/mol. The molecule has 69 heavy (non-hydrogen) atoms. The van der Waals surface area contributed by atoms with Gasteiger partial charge < -0.3 is 9.47 Å². The summed E-state index contributed by atoms with van der Waals surface area (Å²) >= 11 is 0. The number of para-hydroxylation sites is 1. The molecule has 0 saturated carbocycles. The second kappa shape index (κ2) is 15.6. The molecule has 2 nitrogen and oxygen atoms in total. The largest absolute Gasteiger partial charge is 0.310 e. The number of fused-ring (bicyclic) bond motifs is 13. The first-order valence-corrected chi connectivity index (χ1v) is 23.9. The Morgan fingerprint density at radius 2 is 0.710 bits per heavy atom. The Labute approximate surface area is 402 Å². The van der Waals surface area contributed by atoms with E-state index in [2.05, 4.69) is 276 Å². The molecule has 11 aromatic carbocycles. The summed E-state index contributed by atoms with van der Waals surface area (Å²) in [6, 6.07) is 98.5. The topological polar surface area (TPSA) is 8.17 Å². The molecule has 2 aliphatic carbocycles. The highest BCUT2D eigenvalue weighted by molar-refractivity contribution is 6.10. The first-order valence-electron chi connectivity index (χ1n) is 23.9. The summed E-state index contributed by atoms with van der Waals surface area (Å²) in [6.45, 7) is 0. The molecule has 1 spiro atoms. The molecule has 0 radical (unpaired) electrons. The van der Waals surface area contributed by atoms with Crippen LogP contribution in [0.3, 0.4) is 0 Å². The predicted octanol–water partition coefficient (Wildman–Crippen LogP) is 17.6. The Morgan fingerprint density at radius 1 is 0.261 bits per heavy atom. The summed E-state index contributed by atoms with van der Waals surface area (Å²) in [5, 5.41) is 2.48. The molecule has 0 unspecified atom stereocenters. The quantitative estimate of drug-likeness (QED) is 0.155. The van der Waals surface area contributed by atoms with E-state index >= 15 is 0 Å². The van der Waals surface area contributed by atoms with Gasteiger partial charge in [0.25, 0.3) is 0 Å². The normalized spacial score (nSPS) is 12.8. The zero-order chi connectivity index (χ0) is 45.5. The van der Waals surface area contributed by atoms with Crippen LogP contribution < -0.4 is 4.90 Å². The van der Waals surface area contributed by atoms with Crippen molar-refractivity contribution in [2.45, 2.75) is 5.41 Å². The molecule has 322 valence electrons. The van der Waals surface area contributed by atoms with E-state index in [1.165, 1.54) is 88.6 Å². The Bertz CT molecular complexity index is 3870. The van der Waals surface area contributed by atoms with Crippen LogP contribution in [0.15, 0.2) is 267 Å². The van der Waals surface area contributed by atoms with E-state index < -0.39 is 5.41 Å². The van der Waals surface area contributed by atoms with Crippen molar-refractivity contribution in [2.75, 3.05) is 4.90 Å². The molecule has 0 bridgehead atoms. The SMILES string of the molecule is c1ccc(-c2ccc(N(c3cccc(-c4ccc5c6ccccc6n(-c6ccc(-c7ccccc7)cc6)c5c4)c3)c3ccc4c(c3)C3(c5ccccc5-c5ccccc53)c3ccccc3-4)cc2)cc1. The Kier molecular flexibility index (Phi) is 8.84. The summed E-state index contributed by atoms with van der Waals surface area (Å²) in [4.78, 5) is 2.45. The molecule has 0 N–H and O–H groups in total. The summed E-state index contributed by atoms with van der Waals surface area (Å²) in [5.74, 6) is 0. The molecular weight excluding hydrogens is 833 g/mol. The van der Waals surface area contributed by atoms with Gasteiger partial charge in [-0.2, -0.15) is 0 Å². The van der Waals surface area contributed by atoms with Crippen molar-refractivity contribution in [3.05, 3.63) is 289 Å². The number of rotatable bonds is 7. The van der Waals surface area contributed by atoms with Gasteiger partial charge in [-0.1, -0.05) is 206 Å². The van der Waals surface area contributed by atoms with E-state index in [4.69, 9.17) is 0 Å². The van der Waals surface area contributed by atoms with Crippen molar-refractivity contribution in [1.29, 1.82) is 0 Å². The third-order valence-corrected chi connectivity index (χ3v) is 14.8. The maximum Gasteiger partial charge on any atom is 0.0726 e. The van der Waals surface area contributed by atoms with Crippen LogP contribution in [0.4, 0.5) is 17.1 Å². The van der Waals surface area contributed by atoms with Crippen LogP contribution in [0.1, 0.15) is 22.3 Å². The maximum atomic E-state index is 2.49. The zero-order valence-corrected chi connectivity index (χ0v) is 37.8. The summed E-state index contributed by atoms with van der Waals surface area (Å²) in [6.07, 6.45) is 0. The lowest BCUT2D eigenvalue weighted by Crippen LogP contribution is -2.26. The molecule has 14 rings (SSSR count). The number of hydrogen-bond acceptors (Lipinski definition) is 1. The highest BCUT2D eigenvalue weighted by atomic mass is 15.1. The van der Waals surface area contributed by atoms with Crippen molar-refractivity contribution in [1.82, 2.24) is 4.57 Å². The Morgan fingerprint density at radius 3 is 1.35 bits per heavy atom. The van der Waals surface area contributed by atoms with Crippen molar-refractivity contribution >= 4 is 38.9 Å². The molecule has 0 atom stereocenters. The van der Waals surface area contributed by atoms with Gasteiger partial charge in [0.2, 0.25) is 0 Å². The molecule has 1 heterocycles. The van der Waals surface area contributed by atoms with Gasteiger partial charge in [-0.15, -0.1) is 0 Å². The molecule has 0 saturated heterocycles. The molecule has 0 amide bonds. The number of nitrogens with zero attached hydrogens (tertiary/aromatic N) is 2. The number of hydrogen-bond donors (Lipinski definition) is 0. The number of benzene rings is 11. The zero-order valence-electron chi connectivity index (χ0n) is 37.8. The van der Waals surface area contributed by atoms with Gasteiger partial charge in [0.15, 0.2) is 0 Å². The van der Waals surface area contributed by atoms with Gasteiger partial charge >= 0.3 is 0 Å². The fraction of sp³-hybridized carbons (Fsp3) is 0.0149. The summed E-state index contributed by atoms with van der Waals surface area (Å²) in [5.41, 5.74) is 24.0. The van der Waals surface area contributed by atoms with Crippen molar-refractivity contribution in [2.24, 2.45) is 0 Å². The van der Waals surface area contributed by atoms with Crippen LogP contribution in [0.25, 0.3) is 83.1 Å². The van der Waals surface area contributed by atoms with Gasteiger partial charge in [-0.05, 0) is 139 Å². The minimum Gasteiger partial charge on any atom is -0.310 e. The van der Waals surface area contributed by atoms with Crippen molar-refractivity contribution in [3.63, 3.8) is 0 Å². The van der Waals surface area contributed by atoms with Crippen LogP contribution in [0.5, 0.6) is 0 Å². The van der Waals surface area contributed by atoms with Gasteiger partial charge in [-0.3, -0.25) is 0 Å². The standard InChI is InChI=1S/C67H44N2/c1-3-16-45(17-4-1)47-30-35-51(36-31-47)68(54-39-41-58-57-24-9-13-28-63(57)67(64(58)44-54)61-26-11-7-22-55(61)56-23-8-12-27-62(56)67)53-21-15-20-49(42-53)50-34-40-60-59-25-10-14-29-65(59)69(66(60)43-50)52-37-32-48(33-38-52)46-18-5-2-6-19-46/h1-44H. The minimum atomic E-state index is -0.449. The Balaban J connectivity index is 0.939. The van der Waals surface area contributed by atoms with Crippen molar-refractivity contribution in [3.8, 4) is 61.3 Å².